The maximum atomic E-state index is 12.9. The lowest BCUT2D eigenvalue weighted by Crippen LogP contribution is -2.10. The highest BCUT2D eigenvalue weighted by atomic mass is 32.1. The van der Waals surface area contributed by atoms with Crippen LogP contribution in [0.3, 0.4) is 0 Å². The Labute approximate surface area is 179 Å². The molecular weight excluding hydrogens is 396 g/mol. The van der Waals surface area contributed by atoms with Crippen molar-refractivity contribution >= 4 is 29.2 Å². The van der Waals surface area contributed by atoms with Crippen molar-refractivity contribution in [3.05, 3.63) is 86.8 Å². The normalized spacial score (nSPS) is 14.5. The molecule has 0 saturated carbocycles. The Bertz CT molecular complexity index is 1150. The molecule has 30 heavy (non-hydrogen) atoms. The van der Waals surface area contributed by atoms with Gasteiger partial charge in [-0.3, -0.25) is 4.79 Å². The zero-order valence-electron chi connectivity index (χ0n) is 17.3. The Balaban J connectivity index is 1.58. The summed E-state index contributed by atoms with van der Waals surface area (Å²) < 4.78 is 11.3. The first kappa shape index (κ1) is 20.1. The van der Waals surface area contributed by atoms with E-state index in [1.807, 2.05) is 24.4 Å². The van der Waals surface area contributed by atoms with Crippen LogP contribution >= 0.6 is 11.3 Å². The van der Waals surface area contributed by atoms with Crippen LogP contribution in [0, 0.1) is 6.92 Å². The summed E-state index contributed by atoms with van der Waals surface area (Å²) in [6, 6.07) is 14.9. The molecule has 0 fully saturated rings. The van der Waals surface area contributed by atoms with Crippen LogP contribution in [0.1, 0.15) is 57.5 Å². The van der Waals surface area contributed by atoms with Crippen LogP contribution in [0.5, 0.6) is 11.5 Å². The van der Waals surface area contributed by atoms with E-state index < -0.39 is 5.97 Å². The van der Waals surface area contributed by atoms with E-state index in [1.54, 1.807) is 30.3 Å². The minimum atomic E-state index is -0.427. The second kappa shape index (κ2) is 7.58. The van der Waals surface area contributed by atoms with E-state index in [0.717, 1.165) is 5.56 Å². The smallest absolute Gasteiger partial charge is 0.353 e. The molecule has 0 atom stereocenters. The van der Waals surface area contributed by atoms with E-state index >= 15 is 0 Å². The summed E-state index contributed by atoms with van der Waals surface area (Å²) in [5.41, 5.74) is 3.39. The average molecular weight is 419 g/mol. The third-order valence-electron chi connectivity index (χ3n) is 4.95. The van der Waals surface area contributed by atoms with Gasteiger partial charge in [0.1, 0.15) is 16.4 Å². The van der Waals surface area contributed by atoms with Gasteiger partial charge in [0.25, 0.3) is 0 Å². The number of rotatable bonds is 3. The Kier molecular flexibility index (Phi) is 5.08. The molecule has 0 amide bonds. The van der Waals surface area contributed by atoms with E-state index in [0.29, 0.717) is 27.5 Å². The van der Waals surface area contributed by atoms with Crippen LogP contribution in [0.15, 0.2) is 59.7 Å². The Hall–Kier alpha value is -3.18. The number of carbonyl (C=O) groups is 2. The van der Waals surface area contributed by atoms with Gasteiger partial charge >= 0.3 is 5.97 Å². The van der Waals surface area contributed by atoms with E-state index in [9.17, 15) is 9.59 Å². The Morgan fingerprint density at radius 3 is 2.47 bits per heavy atom. The lowest BCUT2D eigenvalue weighted by molar-refractivity contribution is 0.0739. The number of ether oxygens (including phenoxy) is 2. The zero-order valence-corrected chi connectivity index (χ0v) is 18.1. The molecule has 0 spiro atoms. The predicted octanol–water partition coefficient (Wildman–Crippen LogP) is 6.19. The first-order valence-electron chi connectivity index (χ1n) is 9.67. The second-order valence-electron chi connectivity index (χ2n) is 8.29. The first-order valence-corrected chi connectivity index (χ1v) is 10.6. The maximum absolute atomic E-state index is 12.9. The molecule has 1 aliphatic rings. The van der Waals surface area contributed by atoms with Gasteiger partial charge in [-0.2, -0.15) is 0 Å². The largest absolute Gasteiger partial charge is 0.452 e. The number of hydrogen-bond acceptors (Lipinski definition) is 5. The summed E-state index contributed by atoms with van der Waals surface area (Å²) in [7, 11) is 0. The Morgan fingerprint density at radius 1 is 1.10 bits per heavy atom. The monoisotopic (exact) mass is 418 g/mol. The third kappa shape index (κ3) is 3.94. The average Bonchev–Trinajstić information content (AvgIpc) is 3.31. The SMILES string of the molecule is Cc1cc(OC(=O)c2cccs2)cc2c1C(=O)/C(=C/c1ccc(C(C)(C)C)cc1)O2. The molecule has 5 heteroatoms. The predicted molar refractivity (Wildman–Crippen MR) is 119 cm³/mol. The number of esters is 1. The molecule has 152 valence electrons. The van der Waals surface area contributed by atoms with Crippen molar-refractivity contribution in [2.45, 2.75) is 33.1 Å². The number of Topliss-reactive ketones (excluding diaryl/α,β-unsaturated/α-hetero) is 1. The van der Waals surface area contributed by atoms with Crippen molar-refractivity contribution in [1.82, 2.24) is 0 Å². The van der Waals surface area contributed by atoms with E-state index in [2.05, 4.69) is 32.9 Å². The highest BCUT2D eigenvalue weighted by molar-refractivity contribution is 7.12. The van der Waals surface area contributed by atoms with Crippen LogP contribution in [0.4, 0.5) is 0 Å². The van der Waals surface area contributed by atoms with Crippen LogP contribution in [-0.2, 0) is 5.41 Å². The molecule has 0 radical (unpaired) electrons. The molecular formula is C25H22O4S. The van der Waals surface area contributed by atoms with Gasteiger partial charge in [0.2, 0.25) is 5.78 Å². The van der Waals surface area contributed by atoms with Crippen molar-refractivity contribution in [2.75, 3.05) is 0 Å². The van der Waals surface area contributed by atoms with Gasteiger partial charge in [0, 0.05) is 6.07 Å². The molecule has 0 aliphatic carbocycles. The highest BCUT2D eigenvalue weighted by Crippen LogP contribution is 2.38. The number of benzene rings is 2. The molecule has 0 unspecified atom stereocenters. The number of fused-ring (bicyclic) bond motifs is 1. The lowest BCUT2D eigenvalue weighted by Gasteiger charge is -2.18. The fraction of sp³-hybridized carbons (Fsp3) is 0.200. The quantitative estimate of drug-likeness (QED) is 0.289. The lowest BCUT2D eigenvalue weighted by atomic mass is 9.86. The van der Waals surface area contributed by atoms with Gasteiger partial charge in [-0.05, 0) is 52.6 Å². The molecule has 1 aromatic heterocycles. The van der Waals surface area contributed by atoms with Gasteiger partial charge in [0.05, 0.1) is 5.56 Å². The molecule has 3 aromatic rings. The van der Waals surface area contributed by atoms with Crippen LogP contribution in [-0.4, -0.2) is 11.8 Å². The zero-order chi connectivity index (χ0) is 21.5. The summed E-state index contributed by atoms with van der Waals surface area (Å²) in [6.07, 6.45) is 1.74. The van der Waals surface area contributed by atoms with E-state index in [4.69, 9.17) is 9.47 Å². The molecule has 2 aromatic carbocycles. The molecule has 1 aliphatic heterocycles. The second-order valence-corrected chi connectivity index (χ2v) is 9.24. The molecule has 0 N–H and O–H groups in total. The maximum Gasteiger partial charge on any atom is 0.353 e. The Morgan fingerprint density at radius 2 is 1.83 bits per heavy atom. The minimum Gasteiger partial charge on any atom is -0.452 e. The van der Waals surface area contributed by atoms with Gasteiger partial charge < -0.3 is 9.47 Å². The molecule has 0 bridgehead atoms. The number of aryl methyl sites for hydroxylation is 1. The van der Waals surface area contributed by atoms with Crippen molar-refractivity contribution in [3.63, 3.8) is 0 Å². The summed E-state index contributed by atoms with van der Waals surface area (Å²) in [5.74, 6) is 0.431. The number of ketones is 1. The van der Waals surface area contributed by atoms with Crippen molar-refractivity contribution in [3.8, 4) is 11.5 Å². The summed E-state index contributed by atoms with van der Waals surface area (Å²) in [4.78, 5) is 25.6. The molecule has 4 rings (SSSR count). The van der Waals surface area contributed by atoms with Gasteiger partial charge in [-0.25, -0.2) is 4.79 Å². The number of hydrogen-bond donors (Lipinski definition) is 0. The summed E-state index contributed by atoms with van der Waals surface area (Å²) >= 11 is 1.32. The van der Waals surface area contributed by atoms with E-state index in [-0.39, 0.29) is 17.0 Å². The fourth-order valence-electron chi connectivity index (χ4n) is 3.32. The van der Waals surface area contributed by atoms with Crippen LogP contribution in [0.25, 0.3) is 6.08 Å². The topological polar surface area (TPSA) is 52.6 Å². The number of carbonyl (C=O) groups excluding carboxylic acids is 2. The fourth-order valence-corrected chi connectivity index (χ4v) is 3.92. The minimum absolute atomic E-state index is 0.0651. The van der Waals surface area contributed by atoms with Crippen LogP contribution in [0.2, 0.25) is 0 Å². The van der Waals surface area contributed by atoms with E-state index in [1.165, 1.54) is 16.9 Å². The summed E-state index contributed by atoms with van der Waals surface area (Å²) in [5, 5.41) is 1.82. The highest BCUT2D eigenvalue weighted by Gasteiger charge is 2.30. The first-order chi connectivity index (χ1) is 14.2. The van der Waals surface area contributed by atoms with Crippen LogP contribution < -0.4 is 9.47 Å². The van der Waals surface area contributed by atoms with Crippen molar-refractivity contribution in [2.24, 2.45) is 0 Å². The summed E-state index contributed by atoms with van der Waals surface area (Å²) in [6.45, 7) is 8.29. The molecule has 2 heterocycles. The van der Waals surface area contributed by atoms with Gasteiger partial charge in [0.15, 0.2) is 5.76 Å². The molecule has 4 nitrogen and oxygen atoms in total. The van der Waals surface area contributed by atoms with Crippen molar-refractivity contribution < 1.29 is 19.1 Å². The van der Waals surface area contributed by atoms with Gasteiger partial charge in [-0.15, -0.1) is 11.3 Å². The number of thiophene rings is 1. The van der Waals surface area contributed by atoms with Crippen molar-refractivity contribution in [1.29, 1.82) is 0 Å². The number of allylic oxidation sites excluding steroid dienone is 1. The standard InChI is InChI=1S/C25H22O4S/c1-15-12-18(28-24(27)21-6-5-11-30-21)14-19-22(15)23(26)20(29-19)13-16-7-9-17(10-8-16)25(2,3)4/h5-14H,1-4H3/b20-13-. The van der Waals surface area contributed by atoms with Gasteiger partial charge in [-0.1, -0.05) is 51.1 Å². The molecule has 0 saturated heterocycles. The third-order valence-corrected chi connectivity index (χ3v) is 5.80.